The molecule has 2 fully saturated rings. The van der Waals surface area contributed by atoms with Crippen molar-refractivity contribution in [3.63, 3.8) is 0 Å². The summed E-state index contributed by atoms with van der Waals surface area (Å²) in [5, 5.41) is 65.3. The first-order chi connectivity index (χ1) is 61.2. The van der Waals surface area contributed by atoms with Crippen molar-refractivity contribution in [3.8, 4) is 87.8 Å². The molecule has 130 heavy (non-hydrogen) atoms. The number of nitriles is 5. The van der Waals surface area contributed by atoms with Gasteiger partial charge >= 0.3 is 0 Å². The molecular formula is C92H73F6N5O22S5. The van der Waals surface area contributed by atoms with Gasteiger partial charge in [0.1, 0.15) is 98.9 Å². The van der Waals surface area contributed by atoms with Gasteiger partial charge in [-0.2, -0.15) is 26.3 Å². The molecular weight excluding hydrogens is 1800 g/mol. The molecule has 2 saturated heterocycles. The summed E-state index contributed by atoms with van der Waals surface area (Å²) in [7, 11) is -17.8. The number of ketones is 1. The van der Waals surface area contributed by atoms with Gasteiger partial charge in [-0.05, 0) is 157 Å². The number of halogens is 6. The van der Waals surface area contributed by atoms with E-state index in [9.17, 15) is 83.4 Å². The summed E-state index contributed by atoms with van der Waals surface area (Å²) in [5.74, 6) is -5.47. The normalized spacial score (nSPS) is 17.5. The Morgan fingerprint density at radius 2 is 0.731 bits per heavy atom. The average molecular weight is 1870 g/mol. The van der Waals surface area contributed by atoms with Crippen LogP contribution in [0.15, 0.2) is 189 Å². The lowest BCUT2D eigenvalue weighted by molar-refractivity contribution is -0.164. The van der Waals surface area contributed by atoms with E-state index < -0.39 is 120 Å². The lowest BCUT2D eigenvalue weighted by Gasteiger charge is -2.25. The first-order valence-corrected chi connectivity index (χ1v) is 48.4. The minimum atomic E-state index is -3.69. The van der Waals surface area contributed by atoms with Crippen LogP contribution in [-0.2, 0) is 92.5 Å². The smallest absolute Gasteiger partial charge is 0.204 e. The fraction of sp³-hybridized carbons (Fsp3) is 0.239. The zero-order valence-corrected chi connectivity index (χ0v) is 73.4. The molecule has 27 nitrogen and oxygen atoms in total. The van der Waals surface area contributed by atoms with Gasteiger partial charge < -0.3 is 52.8 Å². The molecule has 0 radical (unpaired) electrons. The Hall–Kier alpha value is -13.1. The summed E-state index contributed by atoms with van der Waals surface area (Å²) in [6, 6.07) is 40.9. The van der Waals surface area contributed by atoms with E-state index in [0.29, 0.717) is 83.8 Å². The van der Waals surface area contributed by atoms with Crippen molar-refractivity contribution < 1.29 is 126 Å². The molecule has 0 bridgehead atoms. The SMILES string of the molecule is C=C1CCc2c(Oc3cc(F)cc(C#N)c3)ccc(S(C)(=O)=O)c21.C=C1C[C@@H](O)c2c(Oc3cc(F)cc(C#N)c3)ccc(S(C)(=O)=O)c21.CS(=O)(=O)c1ccc(Oc2cc(F)cc(C#N)c2)c2c1C1(CC2)OCCO1.CS(=O)(=O)c1ccc(Oc2cc(F)cc(C#N)c2)c2c1C1(CC2=O)OCCO1.C[C@H]1c2c(S(C)(=O)=O)ccc(Oc3cc(F)cc(C#N)c3)c2[C@H](O)[C@H]1F. The fourth-order valence-corrected chi connectivity index (χ4v) is 21.0. The molecule has 17 rings (SSSR count). The standard InChI is InChI=1S/C19H14FNO6S.C19H16FNO5S.C18H15F2NO4S.C18H14FNO4S.C18H14FNO3S/c1-28(23,24)16-3-2-15(27-13-7-11(10-21)6-12(20)8-13)17-14(22)9-19(18(16)17)25-4-5-26-19;1-27(22,23)17-3-2-16(26-14-9-12(11-21)8-13(20)10-14)15-4-5-19(18(15)17)24-6-7-25-19;1-9-15-14(26(2,23)24)4-3-13(16(15)18(22)17(9)20)25-12-6-10(8-21)5-11(19)7-12;1-10-5-14(21)18-15(3-4-16(17(10)18)25(2,22)23)24-13-7-11(9-20)6-12(19)8-13;1-11-3-4-15-16(5-6-17(18(11)15)24(2,21)22)23-14-8-12(10-20)7-13(19)9-14/h2-3,6-8H,4-5,9H2,1H3;2-3,8-10H,4-7H2,1H3;3-7,9,17-18,22H,1-2H3;3-4,6-8,14,21H,1,5H2,2H3;5-9H,1,3-4H2,2H3/t;;9-,17-,18-;14-;/m..01./s1. The van der Waals surface area contributed by atoms with Crippen molar-refractivity contribution in [3.05, 3.63) is 277 Å². The number of carbonyl (C=O) groups excluding carboxylic acids is 1. The number of Topliss-reactive ketones (excluding diaryl/α,β-unsaturated/α-hetero) is 1. The summed E-state index contributed by atoms with van der Waals surface area (Å²) in [6.45, 7) is 10.4. The molecule has 0 aromatic heterocycles. The Kier molecular flexibility index (Phi) is 26.7. The molecule has 670 valence electrons. The zero-order chi connectivity index (χ0) is 94.4. The first-order valence-electron chi connectivity index (χ1n) is 38.9. The van der Waals surface area contributed by atoms with E-state index in [4.69, 9.17) is 68.9 Å². The number of allylic oxidation sites excluding steroid dienone is 1. The van der Waals surface area contributed by atoms with Crippen molar-refractivity contribution in [1.29, 1.82) is 26.3 Å². The van der Waals surface area contributed by atoms with Crippen LogP contribution in [0.5, 0.6) is 57.5 Å². The van der Waals surface area contributed by atoms with Gasteiger partial charge in [-0.25, -0.2) is 68.4 Å². The molecule has 0 saturated carbocycles. The van der Waals surface area contributed by atoms with Crippen LogP contribution >= 0.6 is 0 Å². The third kappa shape index (κ3) is 19.9. The summed E-state index contributed by atoms with van der Waals surface area (Å²) in [4.78, 5) is 13.0. The second-order valence-corrected chi connectivity index (χ2v) is 40.7. The molecule has 5 aliphatic carbocycles. The molecule has 2 N–H and O–H groups in total. The highest BCUT2D eigenvalue weighted by molar-refractivity contribution is 7.91. The molecule has 4 atom stereocenters. The minimum absolute atomic E-state index is 0.00728. The van der Waals surface area contributed by atoms with Gasteiger partial charge in [0, 0.05) is 125 Å². The molecule has 0 unspecified atom stereocenters. The van der Waals surface area contributed by atoms with Crippen LogP contribution in [0.25, 0.3) is 11.1 Å². The monoisotopic (exact) mass is 1870 g/mol. The average Bonchev–Trinajstić information content (AvgIpc) is 1.55. The van der Waals surface area contributed by atoms with E-state index in [1.165, 1.54) is 97.9 Å². The Labute approximate surface area is 742 Å². The van der Waals surface area contributed by atoms with Gasteiger partial charge in [0.2, 0.25) is 5.79 Å². The van der Waals surface area contributed by atoms with E-state index in [1.807, 2.05) is 24.3 Å². The summed E-state index contributed by atoms with van der Waals surface area (Å²) in [5.41, 5.74) is 5.07. The van der Waals surface area contributed by atoms with Crippen molar-refractivity contribution >= 4 is 66.1 Å². The minimum Gasteiger partial charge on any atom is -0.457 e. The number of fused-ring (bicyclic) bond motifs is 7. The predicted octanol–water partition coefficient (Wildman–Crippen LogP) is 16.3. The molecule has 2 spiro atoms. The highest BCUT2D eigenvalue weighted by atomic mass is 32.2. The number of aliphatic hydroxyl groups is 2. The van der Waals surface area contributed by atoms with Gasteiger partial charge in [0.05, 0.1) is 127 Å². The molecule has 10 aromatic rings. The quantitative estimate of drug-likeness (QED) is 0.0900. The first kappa shape index (κ1) is 94.5. The number of hydrogen-bond acceptors (Lipinski definition) is 27. The molecule has 0 amide bonds. The summed E-state index contributed by atoms with van der Waals surface area (Å²) in [6.07, 6.45) is 3.37. The van der Waals surface area contributed by atoms with Gasteiger partial charge in [0.15, 0.2) is 60.8 Å². The van der Waals surface area contributed by atoms with Gasteiger partial charge in [-0.3, -0.25) is 4.79 Å². The fourth-order valence-electron chi connectivity index (χ4n) is 16.1. The van der Waals surface area contributed by atoms with E-state index in [-0.39, 0.29) is 147 Å². The molecule has 2 aliphatic heterocycles. The number of sulfone groups is 5. The Balaban J connectivity index is 0.000000139. The van der Waals surface area contributed by atoms with Gasteiger partial charge in [0.25, 0.3) is 0 Å². The van der Waals surface area contributed by atoms with Crippen LogP contribution in [0.2, 0.25) is 0 Å². The van der Waals surface area contributed by atoms with E-state index in [0.717, 1.165) is 90.9 Å². The topological polar surface area (TPSA) is 430 Å². The van der Waals surface area contributed by atoms with Crippen LogP contribution in [0, 0.1) is 85.7 Å². The highest BCUT2D eigenvalue weighted by Crippen LogP contribution is 2.55. The number of alkyl halides is 1. The second kappa shape index (κ2) is 36.8. The number of ether oxygens (including phenoxy) is 9. The van der Waals surface area contributed by atoms with Crippen LogP contribution < -0.4 is 23.7 Å². The van der Waals surface area contributed by atoms with E-state index in [2.05, 4.69) is 13.2 Å². The van der Waals surface area contributed by atoms with Crippen molar-refractivity contribution in [1.82, 2.24) is 0 Å². The number of aliphatic hydroxyl groups excluding tert-OH is 2. The molecule has 10 aromatic carbocycles. The maximum absolute atomic E-state index is 14.4. The number of rotatable bonds is 15. The third-order valence-electron chi connectivity index (χ3n) is 21.4. The van der Waals surface area contributed by atoms with Gasteiger partial charge in [-0.15, -0.1) is 0 Å². The number of benzene rings is 10. The summed E-state index contributed by atoms with van der Waals surface area (Å²) < 4.78 is 255. The maximum Gasteiger partial charge on any atom is 0.204 e. The Morgan fingerprint density at radius 1 is 0.392 bits per heavy atom. The van der Waals surface area contributed by atoms with Crippen molar-refractivity contribution in [2.24, 2.45) is 0 Å². The number of hydrogen-bond donors (Lipinski definition) is 2. The number of carbonyl (C=O) groups is 1. The van der Waals surface area contributed by atoms with Crippen LogP contribution in [0.1, 0.15) is 139 Å². The largest absolute Gasteiger partial charge is 0.457 e. The number of nitrogens with zero attached hydrogens (tertiary/aromatic N) is 5. The Morgan fingerprint density at radius 3 is 1.14 bits per heavy atom. The second-order valence-electron chi connectivity index (χ2n) is 30.8. The van der Waals surface area contributed by atoms with Crippen LogP contribution in [-0.4, -0.2) is 122 Å². The zero-order valence-electron chi connectivity index (χ0n) is 69.3. The molecule has 38 heteroatoms. The van der Waals surface area contributed by atoms with Crippen LogP contribution in [0.4, 0.5) is 26.3 Å². The maximum atomic E-state index is 14.4. The lowest BCUT2D eigenvalue weighted by Crippen LogP contribution is -2.26. The van der Waals surface area contributed by atoms with E-state index in [1.54, 1.807) is 18.2 Å². The predicted molar refractivity (Wildman–Crippen MR) is 452 cm³/mol. The van der Waals surface area contributed by atoms with Gasteiger partial charge in [-0.1, -0.05) is 20.1 Å². The molecule has 2 heterocycles. The lowest BCUT2D eigenvalue weighted by atomic mass is 10.0. The highest BCUT2D eigenvalue weighted by Gasteiger charge is 2.53. The third-order valence-corrected chi connectivity index (χ3v) is 27.1. The van der Waals surface area contributed by atoms with Crippen molar-refractivity contribution in [2.45, 2.75) is 106 Å². The van der Waals surface area contributed by atoms with Crippen LogP contribution in [0.3, 0.4) is 0 Å². The van der Waals surface area contributed by atoms with E-state index >= 15 is 0 Å². The van der Waals surface area contributed by atoms with Crippen molar-refractivity contribution in [2.75, 3.05) is 57.7 Å². The Bertz CT molecular complexity index is 7280. The molecule has 7 aliphatic rings. The summed E-state index contributed by atoms with van der Waals surface area (Å²) >= 11 is 0.